The fourth-order valence-electron chi connectivity index (χ4n) is 4.99. The molecule has 0 saturated carbocycles. The molecule has 1 atom stereocenters. The number of amides is 2. The van der Waals surface area contributed by atoms with Crippen molar-refractivity contribution in [2.45, 2.75) is 44.9 Å². The van der Waals surface area contributed by atoms with Crippen LogP contribution in [0.25, 0.3) is 0 Å². The van der Waals surface area contributed by atoms with Crippen LogP contribution < -0.4 is 10.2 Å². The average molecular weight is 490 g/mol. The quantitative estimate of drug-likeness (QED) is 0.643. The molecular weight excluding hydrogens is 455 g/mol. The first-order valence-corrected chi connectivity index (χ1v) is 12.4. The van der Waals surface area contributed by atoms with E-state index in [0.717, 1.165) is 45.0 Å². The second-order valence-corrected chi connectivity index (χ2v) is 9.61. The number of pyridine rings is 1. The summed E-state index contributed by atoms with van der Waals surface area (Å²) in [4.78, 5) is 22.6. The number of nitrogens with one attached hydrogen (secondary N) is 1. The monoisotopic (exact) mass is 489 g/mol. The average Bonchev–Trinajstić information content (AvgIpc) is 2.85. The highest BCUT2D eigenvalue weighted by Crippen LogP contribution is 2.29. The number of halogens is 3. The van der Waals surface area contributed by atoms with Crippen LogP contribution in [0.1, 0.15) is 37.4 Å². The molecule has 1 aromatic carbocycles. The highest BCUT2D eigenvalue weighted by atomic mass is 19.4. The number of piperidine rings is 1. The zero-order chi connectivity index (χ0) is 24.8. The van der Waals surface area contributed by atoms with E-state index in [2.05, 4.69) is 39.5 Å². The minimum absolute atomic E-state index is 0.0488. The number of anilines is 1. The number of aromatic nitrogens is 1. The van der Waals surface area contributed by atoms with Gasteiger partial charge in [0.2, 0.25) is 0 Å². The Bertz CT molecular complexity index is 946. The van der Waals surface area contributed by atoms with Crippen LogP contribution in [0.5, 0.6) is 0 Å². The Balaban J connectivity index is 1.16. The predicted octanol–water partition coefficient (Wildman–Crippen LogP) is 4.62. The molecule has 2 aromatic rings. The topological polar surface area (TPSA) is 51.7 Å². The number of piperazine rings is 1. The van der Waals surface area contributed by atoms with Crippen LogP contribution in [0.15, 0.2) is 48.7 Å². The number of urea groups is 1. The highest BCUT2D eigenvalue weighted by Gasteiger charge is 2.33. The van der Waals surface area contributed by atoms with Crippen LogP contribution in [-0.2, 0) is 12.7 Å². The van der Waals surface area contributed by atoms with Gasteiger partial charge in [0.1, 0.15) is 5.69 Å². The summed E-state index contributed by atoms with van der Waals surface area (Å²) in [5.41, 5.74) is 1.10. The summed E-state index contributed by atoms with van der Waals surface area (Å²) in [5, 5.41) is 3.08. The lowest BCUT2D eigenvalue weighted by Crippen LogP contribution is -2.56. The smallest absolute Gasteiger partial charge is 0.366 e. The first-order valence-electron chi connectivity index (χ1n) is 12.4. The standard InChI is InChI=1S/C26H34F3N5O/c1-20-18-33(23-7-8-24(31-17-23)26(27,28)29)15-16-34(20)25(35)30-12-9-21-10-13-32(14-11-21)19-22-5-3-2-4-6-22/h2-8,17,20-21H,9-16,18-19H2,1H3,(H,30,35)/t20-/m1/s1. The van der Waals surface area contributed by atoms with Gasteiger partial charge in [-0.3, -0.25) is 4.90 Å². The van der Waals surface area contributed by atoms with Crippen LogP contribution in [0.2, 0.25) is 0 Å². The molecular formula is C26H34F3N5O. The van der Waals surface area contributed by atoms with Crippen molar-refractivity contribution in [2.75, 3.05) is 44.2 Å². The molecule has 6 nitrogen and oxygen atoms in total. The molecule has 1 N–H and O–H groups in total. The summed E-state index contributed by atoms with van der Waals surface area (Å²) < 4.78 is 38.3. The Kier molecular flexibility index (Phi) is 8.15. The van der Waals surface area contributed by atoms with Gasteiger partial charge >= 0.3 is 12.2 Å². The van der Waals surface area contributed by atoms with E-state index in [-0.39, 0.29) is 12.1 Å². The van der Waals surface area contributed by atoms with Crippen LogP contribution in [0, 0.1) is 5.92 Å². The van der Waals surface area contributed by atoms with E-state index in [1.165, 1.54) is 17.8 Å². The molecule has 35 heavy (non-hydrogen) atoms. The summed E-state index contributed by atoms with van der Waals surface area (Å²) in [6, 6.07) is 12.9. The molecule has 2 aliphatic rings. The van der Waals surface area contributed by atoms with Crippen molar-refractivity contribution < 1.29 is 18.0 Å². The molecule has 9 heteroatoms. The number of rotatable bonds is 6. The number of carbonyl (C=O) groups is 1. The summed E-state index contributed by atoms with van der Waals surface area (Å²) in [7, 11) is 0. The fraction of sp³-hybridized carbons (Fsp3) is 0.538. The molecule has 0 spiro atoms. The number of hydrogen-bond donors (Lipinski definition) is 1. The van der Waals surface area contributed by atoms with Gasteiger partial charge in [-0.15, -0.1) is 0 Å². The number of likely N-dealkylation sites (tertiary alicyclic amines) is 1. The van der Waals surface area contributed by atoms with Gasteiger partial charge in [0.15, 0.2) is 0 Å². The summed E-state index contributed by atoms with van der Waals surface area (Å²) >= 11 is 0. The fourth-order valence-corrected chi connectivity index (χ4v) is 4.99. The Morgan fingerprint density at radius 1 is 1.06 bits per heavy atom. The molecule has 2 fully saturated rings. The highest BCUT2D eigenvalue weighted by molar-refractivity contribution is 5.75. The van der Waals surface area contributed by atoms with Gasteiger partial charge < -0.3 is 15.1 Å². The minimum Gasteiger partial charge on any atom is -0.366 e. The van der Waals surface area contributed by atoms with Crippen molar-refractivity contribution in [3.05, 3.63) is 59.9 Å². The summed E-state index contributed by atoms with van der Waals surface area (Å²) in [5.74, 6) is 0.628. The number of benzene rings is 1. The van der Waals surface area contributed by atoms with Gasteiger partial charge in [-0.1, -0.05) is 30.3 Å². The third-order valence-corrected chi connectivity index (χ3v) is 7.08. The molecule has 4 rings (SSSR count). The molecule has 2 aliphatic heterocycles. The maximum Gasteiger partial charge on any atom is 0.433 e. The van der Waals surface area contributed by atoms with Gasteiger partial charge in [-0.25, -0.2) is 9.78 Å². The first kappa shape index (κ1) is 25.3. The number of nitrogens with zero attached hydrogens (tertiary/aromatic N) is 4. The SMILES string of the molecule is C[C@@H]1CN(c2ccc(C(F)(F)F)nc2)CCN1C(=O)NCCC1CCN(Cc2ccccc2)CC1. The molecule has 0 aliphatic carbocycles. The lowest BCUT2D eigenvalue weighted by Gasteiger charge is -2.40. The van der Waals surface area contributed by atoms with Crippen molar-refractivity contribution in [3.63, 3.8) is 0 Å². The molecule has 3 heterocycles. The zero-order valence-electron chi connectivity index (χ0n) is 20.2. The third-order valence-electron chi connectivity index (χ3n) is 7.08. The van der Waals surface area contributed by atoms with Gasteiger partial charge in [0.25, 0.3) is 0 Å². The number of alkyl halides is 3. The second-order valence-electron chi connectivity index (χ2n) is 9.61. The van der Waals surface area contributed by atoms with Crippen molar-refractivity contribution >= 4 is 11.7 Å². The molecule has 0 bridgehead atoms. The van der Waals surface area contributed by atoms with Crippen molar-refractivity contribution in [2.24, 2.45) is 5.92 Å². The molecule has 2 amide bonds. The van der Waals surface area contributed by atoms with Crippen molar-refractivity contribution in [1.29, 1.82) is 0 Å². The Morgan fingerprint density at radius 2 is 1.80 bits per heavy atom. The van der Waals surface area contributed by atoms with E-state index in [0.29, 0.717) is 37.8 Å². The summed E-state index contributed by atoms with van der Waals surface area (Å²) in [6.45, 7) is 7.44. The summed E-state index contributed by atoms with van der Waals surface area (Å²) in [6.07, 6.45) is 0.104. The number of hydrogen-bond acceptors (Lipinski definition) is 4. The maximum atomic E-state index is 12.8. The lowest BCUT2D eigenvalue weighted by atomic mass is 9.93. The maximum absolute atomic E-state index is 12.8. The molecule has 2 saturated heterocycles. The number of carbonyl (C=O) groups excluding carboxylic acids is 1. The molecule has 1 aromatic heterocycles. The van der Waals surface area contributed by atoms with Gasteiger partial charge in [-0.05, 0) is 62.9 Å². The van der Waals surface area contributed by atoms with Crippen molar-refractivity contribution in [1.82, 2.24) is 20.1 Å². The van der Waals surface area contributed by atoms with E-state index in [1.807, 2.05) is 22.8 Å². The van der Waals surface area contributed by atoms with Crippen LogP contribution in [0.3, 0.4) is 0 Å². The van der Waals surface area contributed by atoms with Gasteiger partial charge in [0, 0.05) is 38.8 Å². The zero-order valence-corrected chi connectivity index (χ0v) is 20.2. The second kappa shape index (κ2) is 11.3. The lowest BCUT2D eigenvalue weighted by molar-refractivity contribution is -0.141. The molecule has 0 unspecified atom stereocenters. The normalized spacial score (nSPS) is 20.2. The Hall–Kier alpha value is -2.81. The van der Waals surface area contributed by atoms with Gasteiger partial charge in [0.05, 0.1) is 11.9 Å². The Morgan fingerprint density at radius 3 is 2.43 bits per heavy atom. The van der Waals surface area contributed by atoms with E-state index in [4.69, 9.17) is 0 Å². The van der Waals surface area contributed by atoms with E-state index in [1.54, 1.807) is 0 Å². The van der Waals surface area contributed by atoms with Crippen LogP contribution >= 0.6 is 0 Å². The van der Waals surface area contributed by atoms with E-state index >= 15 is 0 Å². The molecule has 0 radical (unpaired) electrons. The van der Waals surface area contributed by atoms with Crippen LogP contribution in [-0.4, -0.2) is 66.1 Å². The largest absolute Gasteiger partial charge is 0.433 e. The van der Waals surface area contributed by atoms with E-state index in [9.17, 15) is 18.0 Å². The minimum atomic E-state index is -4.44. The van der Waals surface area contributed by atoms with Crippen molar-refractivity contribution in [3.8, 4) is 0 Å². The Labute approximate surface area is 205 Å². The van der Waals surface area contributed by atoms with E-state index < -0.39 is 11.9 Å². The van der Waals surface area contributed by atoms with Crippen LogP contribution in [0.4, 0.5) is 23.7 Å². The predicted molar refractivity (Wildman–Crippen MR) is 130 cm³/mol. The third kappa shape index (κ3) is 6.87. The van der Waals surface area contributed by atoms with Gasteiger partial charge in [-0.2, -0.15) is 13.2 Å². The first-order chi connectivity index (χ1) is 16.8. The molecule has 190 valence electrons.